The summed E-state index contributed by atoms with van der Waals surface area (Å²) in [6, 6.07) is 3.01. The van der Waals surface area contributed by atoms with E-state index in [2.05, 4.69) is 0 Å². The standard InChI is InChI=1S/C12H15FN2O4S/c1-19-8-4-5-15(7-8)12(16)10-3-2-9(6-11(10)13)20(14,17)18/h2-3,6,8H,4-5,7H2,1H3,(H2,14,17,18). The SMILES string of the molecule is COC1CCN(C(=O)c2ccc(S(N)(=O)=O)cc2F)C1. The maximum atomic E-state index is 13.9. The topological polar surface area (TPSA) is 89.7 Å². The van der Waals surface area contributed by atoms with Crippen molar-refractivity contribution < 1.29 is 22.3 Å². The largest absolute Gasteiger partial charge is 0.380 e. The van der Waals surface area contributed by atoms with Crippen LogP contribution in [-0.2, 0) is 14.8 Å². The van der Waals surface area contributed by atoms with Gasteiger partial charge in [0.05, 0.1) is 16.6 Å². The molecule has 1 aromatic rings. The Morgan fingerprint density at radius 3 is 2.70 bits per heavy atom. The van der Waals surface area contributed by atoms with Crippen LogP contribution < -0.4 is 5.14 Å². The molecule has 1 heterocycles. The number of benzene rings is 1. The molecule has 2 N–H and O–H groups in total. The van der Waals surface area contributed by atoms with E-state index in [-0.39, 0.29) is 16.6 Å². The Labute approximate surface area is 116 Å². The average molecular weight is 302 g/mol. The zero-order valence-corrected chi connectivity index (χ0v) is 11.7. The first-order chi connectivity index (χ1) is 9.32. The molecule has 1 unspecified atom stereocenters. The molecule has 1 saturated heterocycles. The molecule has 0 aromatic heterocycles. The van der Waals surface area contributed by atoms with Crippen molar-refractivity contribution in [2.45, 2.75) is 17.4 Å². The van der Waals surface area contributed by atoms with Gasteiger partial charge in [0.15, 0.2) is 0 Å². The van der Waals surface area contributed by atoms with Crippen LogP contribution in [0.2, 0.25) is 0 Å². The number of hydrogen-bond donors (Lipinski definition) is 1. The molecule has 0 bridgehead atoms. The number of ether oxygens (including phenoxy) is 1. The predicted octanol–water partition coefficient (Wildman–Crippen LogP) is 0.334. The molecule has 8 heteroatoms. The van der Waals surface area contributed by atoms with E-state index in [9.17, 15) is 17.6 Å². The Kier molecular flexibility index (Phi) is 4.07. The molecule has 6 nitrogen and oxygen atoms in total. The lowest BCUT2D eigenvalue weighted by Crippen LogP contribution is -2.30. The zero-order valence-electron chi connectivity index (χ0n) is 10.9. The fourth-order valence-electron chi connectivity index (χ4n) is 2.12. The van der Waals surface area contributed by atoms with Gasteiger partial charge >= 0.3 is 0 Å². The van der Waals surface area contributed by atoms with E-state index in [1.807, 2.05) is 0 Å². The van der Waals surface area contributed by atoms with Crippen molar-refractivity contribution in [3.05, 3.63) is 29.6 Å². The molecule has 0 aliphatic carbocycles. The van der Waals surface area contributed by atoms with Crippen molar-refractivity contribution in [2.75, 3.05) is 20.2 Å². The van der Waals surface area contributed by atoms with E-state index in [1.165, 1.54) is 4.90 Å². The minimum Gasteiger partial charge on any atom is -0.380 e. The van der Waals surface area contributed by atoms with E-state index in [1.54, 1.807) is 7.11 Å². The van der Waals surface area contributed by atoms with Gasteiger partial charge in [0.2, 0.25) is 10.0 Å². The second-order valence-corrected chi connectivity index (χ2v) is 6.15. The third-order valence-corrected chi connectivity index (χ3v) is 4.18. The van der Waals surface area contributed by atoms with E-state index in [0.29, 0.717) is 19.5 Å². The Morgan fingerprint density at radius 2 is 2.20 bits per heavy atom. The number of amides is 1. The van der Waals surface area contributed by atoms with Gasteiger partial charge in [-0.25, -0.2) is 17.9 Å². The summed E-state index contributed by atoms with van der Waals surface area (Å²) >= 11 is 0. The second-order valence-electron chi connectivity index (χ2n) is 4.58. The Hall–Kier alpha value is -1.51. The monoisotopic (exact) mass is 302 g/mol. The number of methoxy groups -OCH3 is 1. The van der Waals surface area contributed by atoms with Gasteiger partial charge in [-0.3, -0.25) is 4.79 Å². The van der Waals surface area contributed by atoms with E-state index < -0.39 is 21.7 Å². The molecule has 1 atom stereocenters. The van der Waals surface area contributed by atoms with Crippen molar-refractivity contribution in [1.82, 2.24) is 4.90 Å². The van der Waals surface area contributed by atoms with Gasteiger partial charge in [-0.1, -0.05) is 0 Å². The number of hydrogen-bond acceptors (Lipinski definition) is 4. The lowest BCUT2D eigenvalue weighted by atomic mass is 10.2. The van der Waals surface area contributed by atoms with Gasteiger partial charge in [-0.15, -0.1) is 0 Å². The fraction of sp³-hybridized carbons (Fsp3) is 0.417. The van der Waals surface area contributed by atoms with Crippen molar-refractivity contribution in [3.8, 4) is 0 Å². The smallest absolute Gasteiger partial charge is 0.256 e. The summed E-state index contributed by atoms with van der Waals surface area (Å²) in [7, 11) is -2.43. The molecular weight excluding hydrogens is 287 g/mol. The maximum Gasteiger partial charge on any atom is 0.256 e. The van der Waals surface area contributed by atoms with Gasteiger partial charge in [-0.05, 0) is 24.6 Å². The minimum atomic E-state index is -3.98. The molecule has 1 aliphatic rings. The van der Waals surface area contributed by atoms with Crippen LogP contribution in [0, 0.1) is 5.82 Å². The summed E-state index contributed by atoms with van der Waals surface area (Å²) in [6.07, 6.45) is 0.643. The first kappa shape index (κ1) is 14.9. The number of primary sulfonamides is 1. The van der Waals surface area contributed by atoms with Gasteiger partial charge in [0.25, 0.3) is 5.91 Å². The van der Waals surface area contributed by atoms with Crippen LogP contribution in [0.4, 0.5) is 4.39 Å². The van der Waals surface area contributed by atoms with Gasteiger partial charge < -0.3 is 9.64 Å². The molecule has 2 rings (SSSR count). The molecular formula is C12H15FN2O4S. The minimum absolute atomic E-state index is 0.0503. The Bertz CT molecular complexity index is 632. The summed E-state index contributed by atoms with van der Waals surface area (Å²) < 4.78 is 41.2. The quantitative estimate of drug-likeness (QED) is 0.871. The predicted molar refractivity (Wildman–Crippen MR) is 69.1 cm³/mol. The van der Waals surface area contributed by atoms with Crippen molar-refractivity contribution >= 4 is 15.9 Å². The molecule has 1 aliphatic heterocycles. The highest BCUT2D eigenvalue weighted by atomic mass is 32.2. The molecule has 1 fully saturated rings. The van der Waals surface area contributed by atoms with Crippen LogP contribution in [0.25, 0.3) is 0 Å². The van der Waals surface area contributed by atoms with E-state index in [4.69, 9.17) is 9.88 Å². The van der Waals surface area contributed by atoms with Crippen molar-refractivity contribution in [1.29, 1.82) is 0 Å². The molecule has 20 heavy (non-hydrogen) atoms. The zero-order chi connectivity index (χ0) is 14.9. The van der Waals surface area contributed by atoms with Gasteiger partial charge in [0, 0.05) is 20.2 Å². The van der Waals surface area contributed by atoms with Crippen LogP contribution >= 0.6 is 0 Å². The van der Waals surface area contributed by atoms with Crippen molar-refractivity contribution in [2.24, 2.45) is 5.14 Å². The Balaban J connectivity index is 2.24. The lowest BCUT2D eigenvalue weighted by Gasteiger charge is -2.16. The first-order valence-corrected chi connectivity index (χ1v) is 7.52. The Morgan fingerprint density at radius 1 is 1.50 bits per heavy atom. The fourth-order valence-corrected chi connectivity index (χ4v) is 2.65. The molecule has 0 radical (unpaired) electrons. The van der Waals surface area contributed by atoms with Crippen LogP contribution in [-0.4, -0.2) is 45.5 Å². The number of sulfonamides is 1. The maximum absolute atomic E-state index is 13.9. The molecule has 0 spiro atoms. The van der Waals surface area contributed by atoms with Crippen LogP contribution in [0.3, 0.4) is 0 Å². The summed E-state index contributed by atoms with van der Waals surface area (Å²) in [5, 5.41) is 4.90. The summed E-state index contributed by atoms with van der Waals surface area (Å²) in [4.78, 5) is 13.3. The number of carbonyl (C=O) groups excluding carboxylic acids is 1. The normalized spacial score (nSPS) is 19.4. The van der Waals surface area contributed by atoms with Crippen LogP contribution in [0.1, 0.15) is 16.8 Å². The van der Waals surface area contributed by atoms with E-state index in [0.717, 1.165) is 18.2 Å². The average Bonchev–Trinajstić information content (AvgIpc) is 2.85. The summed E-state index contributed by atoms with van der Waals surface area (Å²) in [5.41, 5.74) is -0.172. The number of nitrogens with two attached hydrogens (primary N) is 1. The second kappa shape index (κ2) is 5.47. The molecule has 1 aromatic carbocycles. The number of rotatable bonds is 3. The number of carbonyl (C=O) groups is 1. The van der Waals surface area contributed by atoms with E-state index >= 15 is 0 Å². The highest BCUT2D eigenvalue weighted by molar-refractivity contribution is 7.89. The van der Waals surface area contributed by atoms with Crippen molar-refractivity contribution in [3.63, 3.8) is 0 Å². The van der Waals surface area contributed by atoms with Crippen LogP contribution in [0.5, 0.6) is 0 Å². The number of halogens is 1. The summed E-state index contributed by atoms with van der Waals surface area (Å²) in [5.74, 6) is -1.38. The number of nitrogens with zero attached hydrogens (tertiary/aromatic N) is 1. The first-order valence-electron chi connectivity index (χ1n) is 5.97. The third-order valence-electron chi connectivity index (χ3n) is 3.27. The summed E-state index contributed by atoms with van der Waals surface area (Å²) in [6.45, 7) is 0.874. The third kappa shape index (κ3) is 2.97. The van der Waals surface area contributed by atoms with Crippen LogP contribution in [0.15, 0.2) is 23.1 Å². The highest BCUT2D eigenvalue weighted by Gasteiger charge is 2.28. The number of likely N-dealkylation sites (tertiary alicyclic amines) is 1. The van der Waals surface area contributed by atoms with Gasteiger partial charge in [0.1, 0.15) is 5.82 Å². The molecule has 1 amide bonds. The molecule has 0 saturated carbocycles. The van der Waals surface area contributed by atoms with Gasteiger partial charge in [-0.2, -0.15) is 0 Å². The lowest BCUT2D eigenvalue weighted by molar-refractivity contribution is 0.0720. The molecule has 110 valence electrons. The highest BCUT2D eigenvalue weighted by Crippen LogP contribution is 2.19.